The number of benzene rings is 2. The van der Waals surface area contributed by atoms with Gasteiger partial charge in [0, 0.05) is 11.3 Å². The maximum Gasteiger partial charge on any atom is 0.255 e. The number of carbonyl (C=O) groups is 1. The van der Waals surface area contributed by atoms with Crippen molar-refractivity contribution in [3.05, 3.63) is 51.5 Å². The van der Waals surface area contributed by atoms with Crippen molar-refractivity contribution in [2.24, 2.45) is 0 Å². The van der Waals surface area contributed by atoms with Crippen LogP contribution >= 0.6 is 15.9 Å². The predicted molar refractivity (Wildman–Crippen MR) is 100 cm³/mol. The molecule has 0 atom stereocenters. The third-order valence-corrected chi connectivity index (χ3v) is 4.01. The van der Waals surface area contributed by atoms with E-state index in [9.17, 15) is 4.79 Å². The second kappa shape index (κ2) is 8.20. The number of amides is 1. The molecule has 0 saturated carbocycles. The van der Waals surface area contributed by atoms with Crippen molar-refractivity contribution in [3.8, 4) is 11.5 Å². The Morgan fingerprint density at radius 1 is 1.12 bits per heavy atom. The molecular weight excluding hydrogens is 370 g/mol. The fourth-order valence-electron chi connectivity index (χ4n) is 2.45. The maximum absolute atomic E-state index is 12.6. The summed E-state index contributed by atoms with van der Waals surface area (Å²) >= 11 is 3.46. The lowest BCUT2D eigenvalue weighted by atomic mass is 10.1. The SMILES string of the molecule is CCCOc1c(Br)cc(C(=O)Nc2cc(C)cc(C)c2)cc1OC. The molecule has 1 amide bonds. The van der Waals surface area contributed by atoms with Crippen molar-refractivity contribution in [1.82, 2.24) is 0 Å². The summed E-state index contributed by atoms with van der Waals surface area (Å²) in [6.45, 7) is 6.62. The first kappa shape index (κ1) is 18.3. The summed E-state index contributed by atoms with van der Waals surface area (Å²) in [5.41, 5.74) is 3.49. The van der Waals surface area contributed by atoms with Gasteiger partial charge in [-0.1, -0.05) is 13.0 Å². The van der Waals surface area contributed by atoms with E-state index in [0.29, 0.717) is 28.1 Å². The van der Waals surface area contributed by atoms with E-state index in [1.54, 1.807) is 19.2 Å². The number of methoxy groups -OCH3 is 1. The van der Waals surface area contributed by atoms with Crippen LogP contribution in [0.5, 0.6) is 11.5 Å². The highest BCUT2D eigenvalue weighted by atomic mass is 79.9. The van der Waals surface area contributed by atoms with Crippen LogP contribution in [0.3, 0.4) is 0 Å². The molecule has 0 aliphatic heterocycles. The van der Waals surface area contributed by atoms with Crippen LogP contribution in [0.4, 0.5) is 5.69 Å². The molecule has 2 rings (SSSR count). The van der Waals surface area contributed by atoms with Crippen molar-refractivity contribution in [3.63, 3.8) is 0 Å². The fraction of sp³-hybridized carbons (Fsp3) is 0.316. The molecule has 0 spiro atoms. The van der Waals surface area contributed by atoms with Gasteiger partial charge in [0.15, 0.2) is 11.5 Å². The zero-order chi connectivity index (χ0) is 17.7. The normalized spacial score (nSPS) is 10.4. The predicted octanol–water partition coefficient (Wildman–Crippen LogP) is 5.12. The van der Waals surface area contributed by atoms with Gasteiger partial charge in [-0.2, -0.15) is 0 Å². The van der Waals surface area contributed by atoms with E-state index < -0.39 is 0 Å². The zero-order valence-electron chi connectivity index (χ0n) is 14.4. The Morgan fingerprint density at radius 2 is 1.79 bits per heavy atom. The van der Waals surface area contributed by atoms with Crippen molar-refractivity contribution in [1.29, 1.82) is 0 Å². The lowest BCUT2D eigenvalue weighted by molar-refractivity contribution is 0.102. The Hall–Kier alpha value is -2.01. The highest BCUT2D eigenvalue weighted by Crippen LogP contribution is 2.37. The number of rotatable bonds is 6. The molecule has 0 aliphatic rings. The number of anilines is 1. The highest BCUT2D eigenvalue weighted by Gasteiger charge is 2.16. The van der Waals surface area contributed by atoms with Gasteiger partial charge in [0.05, 0.1) is 18.2 Å². The van der Waals surface area contributed by atoms with E-state index >= 15 is 0 Å². The fourth-order valence-corrected chi connectivity index (χ4v) is 3.00. The smallest absolute Gasteiger partial charge is 0.255 e. The molecule has 0 heterocycles. The lowest BCUT2D eigenvalue weighted by Crippen LogP contribution is -2.13. The standard InChI is InChI=1S/C19H22BrNO3/c1-5-6-24-18-16(20)10-14(11-17(18)23-4)19(22)21-15-8-12(2)7-13(3)9-15/h7-11H,5-6H2,1-4H3,(H,21,22). The maximum atomic E-state index is 12.6. The van der Waals surface area contributed by atoms with Crippen molar-refractivity contribution < 1.29 is 14.3 Å². The summed E-state index contributed by atoms with van der Waals surface area (Å²) in [5, 5.41) is 2.92. The van der Waals surface area contributed by atoms with E-state index in [0.717, 1.165) is 23.2 Å². The average Bonchev–Trinajstić information content (AvgIpc) is 2.52. The molecule has 2 aromatic carbocycles. The van der Waals surface area contributed by atoms with E-state index in [1.807, 2.05) is 32.9 Å². The minimum absolute atomic E-state index is 0.193. The van der Waals surface area contributed by atoms with Gasteiger partial charge >= 0.3 is 0 Å². The topological polar surface area (TPSA) is 47.6 Å². The van der Waals surface area contributed by atoms with Gasteiger partial charge in [0.1, 0.15) is 0 Å². The van der Waals surface area contributed by atoms with Crippen LogP contribution in [0.2, 0.25) is 0 Å². The molecule has 128 valence electrons. The number of halogens is 1. The molecule has 5 heteroatoms. The van der Waals surface area contributed by atoms with Gasteiger partial charge in [-0.15, -0.1) is 0 Å². The highest BCUT2D eigenvalue weighted by molar-refractivity contribution is 9.10. The second-order valence-electron chi connectivity index (χ2n) is 5.67. The van der Waals surface area contributed by atoms with Gasteiger partial charge in [0.2, 0.25) is 0 Å². The third kappa shape index (κ3) is 4.51. The Bertz CT molecular complexity index is 723. The molecule has 0 aliphatic carbocycles. The van der Waals surface area contributed by atoms with Crippen LogP contribution in [0.25, 0.3) is 0 Å². The van der Waals surface area contributed by atoms with Gasteiger partial charge < -0.3 is 14.8 Å². The summed E-state index contributed by atoms with van der Waals surface area (Å²) in [7, 11) is 1.56. The van der Waals surface area contributed by atoms with Crippen LogP contribution in [-0.2, 0) is 0 Å². The van der Waals surface area contributed by atoms with E-state index in [4.69, 9.17) is 9.47 Å². The minimum atomic E-state index is -0.193. The molecule has 2 aromatic rings. The second-order valence-corrected chi connectivity index (χ2v) is 6.52. The van der Waals surface area contributed by atoms with Gasteiger partial charge in [-0.25, -0.2) is 0 Å². The molecule has 4 nitrogen and oxygen atoms in total. The Kier molecular flexibility index (Phi) is 6.26. The molecule has 0 fully saturated rings. The summed E-state index contributed by atoms with van der Waals surface area (Å²) in [6.07, 6.45) is 0.893. The Balaban J connectivity index is 2.27. The first-order chi connectivity index (χ1) is 11.4. The number of nitrogens with one attached hydrogen (secondary N) is 1. The van der Waals surface area contributed by atoms with E-state index in [-0.39, 0.29) is 5.91 Å². The molecule has 24 heavy (non-hydrogen) atoms. The van der Waals surface area contributed by atoms with E-state index in [1.165, 1.54) is 0 Å². The molecule has 0 aromatic heterocycles. The third-order valence-electron chi connectivity index (χ3n) is 3.42. The van der Waals surface area contributed by atoms with Gasteiger partial charge in [-0.05, 0) is 71.6 Å². The lowest BCUT2D eigenvalue weighted by Gasteiger charge is -2.14. The number of ether oxygens (including phenoxy) is 2. The van der Waals surface area contributed by atoms with Crippen LogP contribution in [-0.4, -0.2) is 19.6 Å². The number of hydrogen-bond donors (Lipinski definition) is 1. The van der Waals surface area contributed by atoms with Crippen LogP contribution in [0.15, 0.2) is 34.8 Å². The Labute approximate surface area is 151 Å². The first-order valence-electron chi connectivity index (χ1n) is 7.84. The van der Waals surface area contributed by atoms with Crippen LogP contribution < -0.4 is 14.8 Å². The molecule has 0 bridgehead atoms. The summed E-state index contributed by atoms with van der Waals surface area (Å²) in [4.78, 5) is 12.6. The summed E-state index contributed by atoms with van der Waals surface area (Å²) < 4.78 is 11.8. The number of carbonyl (C=O) groups excluding carboxylic acids is 1. The average molecular weight is 392 g/mol. The van der Waals surface area contributed by atoms with Crippen LogP contribution in [0, 0.1) is 13.8 Å². The van der Waals surface area contributed by atoms with Crippen molar-refractivity contribution in [2.45, 2.75) is 27.2 Å². The molecule has 1 N–H and O–H groups in total. The minimum Gasteiger partial charge on any atom is -0.493 e. The molecular formula is C19H22BrNO3. The first-order valence-corrected chi connectivity index (χ1v) is 8.64. The molecule has 0 saturated heterocycles. The van der Waals surface area contributed by atoms with Gasteiger partial charge in [0.25, 0.3) is 5.91 Å². The Morgan fingerprint density at radius 3 is 2.38 bits per heavy atom. The molecule has 0 unspecified atom stereocenters. The summed E-state index contributed by atoms with van der Waals surface area (Å²) in [6, 6.07) is 9.38. The number of hydrogen-bond acceptors (Lipinski definition) is 3. The van der Waals surface area contributed by atoms with E-state index in [2.05, 4.69) is 27.3 Å². The van der Waals surface area contributed by atoms with Gasteiger partial charge in [-0.3, -0.25) is 4.79 Å². The molecule has 0 radical (unpaired) electrons. The monoisotopic (exact) mass is 391 g/mol. The summed E-state index contributed by atoms with van der Waals surface area (Å²) in [5.74, 6) is 0.951. The quantitative estimate of drug-likeness (QED) is 0.743. The van der Waals surface area contributed by atoms with Crippen molar-refractivity contribution >= 4 is 27.5 Å². The van der Waals surface area contributed by atoms with Crippen molar-refractivity contribution in [2.75, 3.05) is 19.0 Å². The zero-order valence-corrected chi connectivity index (χ0v) is 16.0. The number of aryl methyl sites for hydroxylation is 2. The van der Waals surface area contributed by atoms with Crippen LogP contribution in [0.1, 0.15) is 34.8 Å². The largest absolute Gasteiger partial charge is 0.493 e.